The van der Waals surface area contributed by atoms with Gasteiger partial charge in [0.1, 0.15) is 16.4 Å². The van der Waals surface area contributed by atoms with Crippen LogP contribution in [0.4, 0.5) is 0 Å². The summed E-state index contributed by atoms with van der Waals surface area (Å²) in [5, 5.41) is 2.73. The first kappa shape index (κ1) is 18.4. The van der Waals surface area contributed by atoms with Gasteiger partial charge in [-0.25, -0.2) is 4.98 Å². The molecule has 0 aliphatic carbocycles. The fraction of sp³-hybridized carbons (Fsp3) is 0.217. The molecule has 2 aromatic carbocycles. The SMILES string of the molecule is COc1ccc(-c2csc3nc(C)n(CCCc4ccccc4)c(=O)c23)cc1. The fourth-order valence-corrected chi connectivity index (χ4v) is 4.44. The van der Waals surface area contributed by atoms with Crippen LogP contribution in [-0.2, 0) is 13.0 Å². The van der Waals surface area contributed by atoms with E-state index < -0.39 is 0 Å². The summed E-state index contributed by atoms with van der Waals surface area (Å²) < 4.78 is 7.05. The molecule has 0 spiro atoms. The number of methoxy groups -OCH3 is 1. The molecule has 0 aliphatic rings. The van der Waals surface area contributed by atoms with Crippen LogP contribution in [0.2, 0.25) is 0 Å². The Morgan fingerprint density at radius 2 is 1.82 bits per heavy atom. The van der Waals surface area contributed by atoms with Crippen molar-refractivity contribution in [1.82, 2.24) is 9.55 Å². The van der Waals surface area contributed by atoms with Crippen LogP contribution in [0.15, 0.2) is 64.8 Å². The van der Waals surface area contributed by atoms with E-state index in [1.807, 2.05) is 59.3 Å². The second-order valence-electron chi connectivity index (χ2n) is 6.76. The van der Waals surface area contributed by atoms with E-state index in [4.69, 9.17) is 9.72 Å². The van der Waals surface area contributed by atoms with Gasteiger partial charge in [-0.1, -0.05) is 42.5 Å². The molecule has 28 heavy (non-hydrogen) atoms. The van der Waals surface area contributed by atoms with E-state index in [9.17, 15) is 4.79 Å². The van der Waals surface area contributed by atoms with Crippen molar-refractivity contribution in [2.75, 3.05) is 7.11 Å². The summed E-state index contributed by atoms with van der Waals surface area (Å²) in [5.74, 6) is 1.57. The number of benzene rings is 2. The van der Waals surface area contributed by atoms with Crippen LogP contribution in [0, 0.1) is 6.92 Å². The molecule has 0 amide bonds. The molecule has 0 radical (unpaired) electrons. The van der Waals surface area contributed by atoms with Crippen LogP contribution in [0.1, 0.15) is 17.8 Å². The Hall–Kier alpha value is -2.92. The van der Waals surface area contributed by atoms with Gasteiger partial charge in [0.25, 0.3) is 5.56 Å². The van der Waals surface area contributed by atoms with Crippen molar-refractivity contribution in [2.45, 2.75) is 26.3 Å². The van der Waals surface area contributed by atoms with Gasteiger partial charge in [0.15, 0.2) is 0 Å². The average molecular weight is 391 g/mol. The molecule has 5 heteroatoms. The smallest absolute Gasteiger partial charge is 0.262 e. The zero-order chi connectivity index (χ0) is 19.5. The number of ether oxygens (including phenoxy) is 1. The predicted octanol–water partition coefficient (Wildman–Crippen LogP) is 5.07. The van der Waals surface area contributed by atoms with Gasteiger partial charge in [-0.05, 0) is 43.0 Å². The van der Waals surface area contributed by atoms with E-state index in [0.717, 1.165) is 40.4 Å². The highest BCUT2D eigenvalue weighted by molar-refractivity contribution is 7.17. The van der Waals surface area contributed by atoms with E-state index in [0.29, 0.717) is 11.9 Å². The first-order chi connectivity index (χ1) is 13.7. The summed E-state index contributed by atoms with van der Waals surface area (Å²) >= 11 is 1.52. The number of aryl methyl sites for hydroxylation is 2. The van der Waals surface area contributed by atoms with Crippen molar-refractivity contribution in [3.8, 4) is 16.9 Å². The molecule has 4 aromatic rings. The number of thiophene rings is 1. The summed E-state index contributed by atoms with van der Waals surface area (Å²) in [6.07, 6.45) is 1.85. The summed E-state index contributed by atoms with van der Waals surface area (Å²) in [4.78, 5) is 18.8. The maximum atomic E-state index is 13.3. The molecule has 2 heterocycles. The fourth-order valence-electron chi connectivity index (χ4n) is 3.46. The zero-order valence-electron chi connectivity index (χ0n) is 16.0. The predicted molar refractivity (Wildman–Crippen MR) is 115 cm³/mol. The Balaban J connectivity index is 1.66. The van der Waals surface area contributed by atoms with Crippen LogP contribution < -0.4 is 10.3 Å². The number of hydrogen-bond acceptors (Lipinski definition) is 4. The summed E-state index contributed by atoms with van der Waals surface area (Å²) in [7, 11) is 1.65. The second-order valence-corrected chi connectivity index (χ2v) is 7.62. The number of fused-ring (bicyclic) bond motifs is 1. The molecule has 0 aliphatic heterocycles. The van der Waals surface area contributed by atoms with Gasteiger partial charge in [0.05, 0.1) is 12.5 Å². The van der Waals surface area contributed by atoms with E-state index in [1.54, 1.807) is 7.11 Å². The van der Waals surface area contributed by atoms with Crippen molar-refractivity contribution >= 4 is 21.6 Å². The summed E-state index contributed by atoms with van der Waals surface area (Å²) in [5.41, 5.74) is 3.28. The van der Waals surface area contributed by atoms with Gasteiger partial charge in [-0.2, -0.15) is 0 Å². The molecule has 4 rings (SSSR count). The minimum Gasteiger partial charge on any atom is -0.497 e. The third-order valence-electron chi connectivity index (χ3n) is 4.98. The van der Waals surface area contributed by atoms with Gasteiger partial charge in [0, 0.05) is 17.5 Å². The van der Waals surface area contributed by atoms with Crippen LogP contribution in [0.3, 0.4) is 0 Å². The third-order valence-corrected chi connectivity index (χ3v) is 5.85. The first-order valence-electron chi connectivity index (χ1n) is 9.34. The Morgan fingerprint density at radius 1 is 1.07 bits per heavy atom. The average Bonchev–Trinajstić information content (AvgIpc) is 3.15. The topological polar surface area (TPSA) is 44.1 Å². The molecule has 0 N–H and O–H groups in total. The van der Waals surface area contributed by atoms with Crippen LogP contribution in [-0.4, -0.2) is 16.7 Å². The summed E-state index contributed by atoms with van der Waals surface area (Å²) in [6, 6.07) is 18.2. The third kappa shape index (κ3) is 3.58. The van der Waals surface area contributed by atoms with E-state index >= 15 is 0 Å². The lowest BCUT2D eigenvalue weighted by molar-refractivity contribution is 0.415. The highest BCUT2D eigenvalue weighted by Crippen LogP contribution is 2.32. The Bertz CT molecular complexity index is 1150. The van der Waals surface area contributed by atoms with E-state index in [-0.39, 0.29) is 5.56 Å². The molecule has 0 unspecified atom stereocenters. The lowest BCUT2D eigenvalue weighted by atomic mass is 10.1. The molecule has 4 nitrogen and oxygen atoms in total. The Kier molecular flexibility index (Phi) is 5.26. The van der Waals surface area contributed by atoms with E-state index in [2.05, 4.69) is 12.1 Å². The normalized spacial score (nSPS) is 11.1. The molecular weight excluding hydrogens is 368 g/mol. The van der Waals surface area contributed by atoms with Gasteiger partial charge < -0.3 is 4.74 Å². The maximum Gasteiger partial charge on any atom is 0.262 e. The molecule has 2 aromatic heterocycles. The molecule has 0 bridgehead atoms. The lowest BCUT2D eigenvalue weighted by Crippen LogP contribution is -2.24. The molecule has 142 valence electrons. The number of aromatic nitrogens is 2. The quantitative estimate of drug-likeness (QED) is 0.461. The summed E-state index contributed by atoms with van der Waals surface area (Å²) in [6.45, 7) is 2.58. The number of hydrogen-bond donors (Lipinski definition) is 0. The molecular formula is C23H22N2O2S. The molecule has 0 saturated carbocycles. The number of nitrogens with zero attached hydrogens (tertiary/aromatic N) is 2. The van der Waals surface area contributed by atoms with Crippen molar-refractivity contribution in [1.29, 1.82) is 0 Å². The van der Waals surface area contributed by atoms with Gasteiger partial charge in [-0.3, -0.25) is 9.36 Å². The minimum absolute atomic E-state index is 0.0441. The first-order valence-corrected chi connectivity index (χ1v) is 10.2. The zero-order valence-corrected chi connectivity index (χ0v) is 16.8. The van der Waals surface area contributed by atoms with E-state index in [1.165, 1.54) is 16.9 Å². The monoisotopic (exact) mass is 390 g/mol. The molecule has 0 saturated heterocycles. The van der Waals surface area contributed by atoms with Gasteiger partial charge >= 0.3 is 0 Å². The largest absolute Gasteiger partial charge is 0.497 e. The van der Waals surface area contributed by atoms with Crippen LogP contribution in [0.25, 0.3) is 21.3 Å². The Labute approximate surface area is 168 Å². The van der Waals surface area contributed by atoms with Crippen molar-refractivity contribution in [3.63, 3.8) is 0 Å². The highest BCUT2D eigenvalue weighted by Gasteiger charge is 2.15. The maximum absolute atomic E-state index is 13.3. The number of rotatable bonds is 6. The second kappa shape index (κ2) is 7.98. The molecule has 0 atom stereocenters. The van der Waals surface area contributed by atoms with Crippen molar-refractivity contribution in [3.05, 3.63) is 81.7 Å². The van der Waals surface area contributed by atoms with Crippen molar-refractivity contribution < 1.29 is 4.74 Å². The van der Waals surface area contributed by atoms with Crippen LogP contribution >= 0.6 is 11.3 Å². The highest BCUT2D eigenvalue weighted by atomic mass is 32.1. The molecule has 0 fully saturated rings. The lowest BCUT2D eigenvalue weighted by Gasteiger charge is -2.10. The van der Waals surface area contributed by atoms with Crippen LogP contribution in [0.5, 0.6) is 5.75 Å². The standard InChI is InChI=1S/C23H22N2O2S/c1-16-24-22-21(20(15-28-22)18-10-12-19(27-2)13-11-18)23(26)25(16)14-6-9-17-7-4-3-5-8-17/h3-5,7-8,10-13,15H,6,9,14H2,1-2H3. The van der Waals surface area contributed by atoms with Gasteiger partial charge in [0.2, 0.25) is 0 Å². The Morgan fingerprint density at radius 3 is 2.54 bits per heavy atom. The van der Waals surface area contributed by atoms with Crippen molar-refractivity contribution in [2.24, 2.45) is 0 Å². The van der Waals surface area contributed by atoms with Gasteiger partial charge in [-0.15, -0.1) is 11.3 Å². The minimum atomic E-state index is 0.0441.